The number of hydrogen-bond donors (Lipinski definition) is 2. The Kier molecular flexibility index (Phi) is 3.97. The molecule has 1 aliphatic rings. The molecule has 2 heteroatoms. The average molecular weight is 218 g/mol. The number of fused-ring (bicyclic) bond motifs is 1. The van der Waals surface area contributed by atoms with Crippen LogP contribution in [0.25, 0.3) is 0 Å². The molecule has 2 N–H and O–H groups in total. The zero-order chi connectivity index (χ0) is 11.4. The SMILES string of the molecule is CCC(C)NC1CCNCc2ccccc21. The summed E-state index contributed by atoms with van der Waals surface area (Å²) in [6, 6.07) is 9.89. The second kappa shape index (κ2) is 5.46. The van der Waals surface area contributed by atoms with Crippen LogP contribution in [0.1, 0.15) is 43.9 Å². The monoisotopic (exact) mass is 218 g/mol. The summed E-state index contributed by atoms with van der Waals surface area (Å²) in [6.45, 7) is 6.61. The molecule has 1 aromatic carbocycles. The van der Waals surface area contributed by atoms with Crippen LogP contribution in [0.4, 0.5) is 0 Å². The lowest BCUT2D eigenvalue weighted by atomic mass is 9.98. The molecule has 0 bridgehead atoms. The van der Waals surface area contributed by atoms with Crippen LogP contribution in [0.15, 0.2) is 24.3 Å². The van der Waals surface area contributed by atoms with Gasteiger partial charge < -0.3 is 10.6 Å². The molecule has 2 rings (SSSR count). The van der Waals surface area contributed by atoms with E-state index in [1.54, 1.807) is 0 Å². The molecule has 2 atom stereocenters. The van der Waals surface area contributed by atoms with E-state index in [0.29, 0.717) is 12.1 Å². The Balaban J connectivity index is 2.19. The maximum atomic E-state index is 3.72. The predicted molar refractivity (Wildman–Crippen MR) is 68.4 cm³/mol. The van der Waals surface area contributed by atoms with E-state index in [1.807, 2.05) is 0 Å². The van der Waals surface area contributed by atoms with Crippen LogP contribution >= 0.6 is 0 Å². The molecule has 2 nitrogen and oxygen atoms in total. The van der Waals surface area contributed by atoms with Crippen molar-refractivity contribution < 1.29 is 0 Å². The molecule has 0 fully saturated rings. The molecule has 0 spiro atoms. The third-order valence-electron chi connectivity index (χ3n) is 3.45. The highest BCUT2D eigenvalue weighted by Crippen LogP contribution is 2.24. The van der Waals surface area contributed by atoms with Crippen LogP contribution in [0.3, 0.4) is 0 Å². The van der Waals surface area contributed by atoms with Gasteiger partial charge in [-0.15, -0.1) is 0 Å². The van der Waals surface area contributed by atoms with Crippen molar-refractivity contribution >= 4 is 0 Å². The van der Waals surface area contributed by atoms with Crippen LogP contribution in [-0.4, -0.2) is 12.6 Å². The Morgan fingerprint density at radius 1 is 1.44 bits per heavy atom. The fourth-order valence-electron chi connectivity index (χ4n) is 2.29. The van der Waals surface area contributed by atoms with Gasteiger partial charge in [-0.3, -0.25) is 0 Å². The Bertz CT molecular complexity index is 335. The molecule has 16 heavy (non-hydrogen) atoms. The quantitative estimate of drug-likeness (QED) is 0.815. The van der Waals surface area contributed by atoms with Gasteiger partial charge in [-0.25, -0.2) is 0 Å². The van der Waals surface area contributed by atoms with E-state index in [1.165, 1.54) is 24.0 Å². The van der Waals surface area contributed by atoms with E-state index < -0.39 is 0 Å². The zero-order valence-electron chi connectivity index (χ0n) is 10.3. The predicted octanol–water partition coefficient (Wildman–Crippen LogP) is 2.61. The fourth-order valence-corrected chi connectivity index (χ4v) is 2.29. The van der Waals surface area contributed by atoms with Gasteiger partial charge in [0.05, 0.1) is 0 Å². The van der Waals surface area contributed by atoms with Crippen molar-refractivity contribution in [3.63, 3.8) is 0 Å². The van der Waals surface area contributed by atoms with E-state index >= 15 is 0 Å². The van der Waals surface area contributed by atoms with Crippen molar-refractivity contribution in [1.29, 1.82) is 0 Å². The fraction of sp³-hybridized carbons (Fsp3) is 0.571. The summed E-state index contributed by atoms with van der Waals surface area (Å²) in [5, 5.41) is 7.21. The van der Waals surface area contributed by atoms with Crippen molar-refractivity contribution in [3.8, 4) is 0 Å². The number of nitrogens with one attached hydrogen (secondary N) is 2. The summed E-state index contributed by atoms with van der Waals surface area (Å²) in [6.07, 6.45) is 2.37. The van der Waals surface area contributed by atoms with Gasteiger partial charge in [0.1, 0.15) is 0 Å². The molecular weight excluding hydrogens is 196 g/mol. The first-order valence-corrected chi connectivity index (χ1v) is 6.35. The lowest BCUT2D eigenvalue weighted by molar-refractivity contribution is 0.427. The highest BCUT2D eigenvalue weighted by atomic mass is 15.0. The van der Waals surface area contributed by atoms with Gasteiger partial charge in [0.2, 0.25) is 0 Å². The summed E-state index contributed by atoms with van der Waals surface area (Å²) in [7, 11) is 0. The largest absolute Gasteiger partial charge is 0.313 e. The van der Waals surface area contributed by atoms with Gasteiger partial charge in [-0.2, -0.15) is 0 Å². The first-order chi connectivity index (χ1) is 7.81. The Labute approximate surface area is 98.4 Å². The first-order valence-electron chi connectivity index (χ1n) is 6.35. The van der Waals surface area contributed by atoms with Gasteiger partial charge in [0.15, 0.2) is 0 Å². The highest BCUT2D eigenvalue weighted by molar-refractivity contribution is 5.31. The van der Waals surface area contributed by atoms with Crippen molar-refractivity contribution in [3.05, 3.63) is 35.4 Å². The van der Waals surface area contributed by atoms with Crippen LogP contribution < -0.4 is 10.6 Å². The lowest BCUT2D eigenvalue weighted by Crippen LogP contribution is -2.30. The lowest BCUT2D eigenvalue weighted by Gasteiger charge is -2.23. The molecule has 0 radical (unpaired) electrons. The molecule has 0 amide bonds. The summed E-state index contributed by atoms with van der Waals surface area (Å²) in [5.41, 5.74) is 2.92. The first kappa shape index (κ1) is 11.6. The van der Waals surface area contributed by atoms with Gasteiger partial charge in [0, 0.05) is 18.6 Å². The topological polar surface area (TPSA) is 24.1 Å². The molecule has 0 aromatic heterocycles. The van der Waals surface area contributed by atoms with E-state index in [2.05, 4.69) is 48.7 Å². The third-order valence-corrected chi connectivity index (χ3v) is 3.45. The van der Waals surface area contributed by atoms with Crippen molar-refractivity contribution in [1.82, 2.24) is 10.6 Å². The second-order valence-electron chi connectivity index (χ2n) is 4.69. The Hall–Kier alpha value is -0.860. The second-order valence-corrected chi connectivity index (χ2v) is 4.69. The van der Waals surface area contributed by atoms with Crippen LogP contribution in [0.2, 0.25) is 0 Å². The van der Waals surface area contributed by atoms with Crippen LogP contribution in [0.5, 0.6) is 0 Å². The minimum absolute atomic E-state index is 0.515. The number of benzene rings is 1. The van der Waals surface area contributed by atoms with Gasteiger partial charge >= 0.3 is 0 Å². The minimum Gasteiger partial charge on any atom is -0.313 e. The average Bonchev–Trinajstić information content (AvgIpc) is 2.52. The van der Waals surface area contributed by atoms with E-state index in [0.717, 1.165) is 13.1 Å². The molecule has 2 unspecified atom stereocenters. The number of rotatable bonds is 3. The summed E-state index contributed by atoms with van der Waals surface area (Å²) in [5.74, 6) is 0. The van der Waals surface area contributed by atoms with Crippen LogP contribution in [0, 0.1) is 0 Å². The van der Waals surface area contributed by atoms with E-state index in [9.17, 15) is 0 Å². The highest BCUT2D eigenvalue weighted by Gasteiger charge is 2.18. The molecule has 0 aliphatic carbocycles. The molecule has 88 valence electrons. The van der Waals surface area contributed by atoms with Crippen LogP contribution in [-0.2, 0) is 6.54 Å². The normalized spacial score (nSPS) is 22.2. The smallest absolute Gasteiger partial charge is 0.0337 e. The molecule has 1 heterocycles. The summed E-state index contributed by atoms with van der Waals surface area (Å²) >= 11 is 0. The summed E-state index contributed by atoms with van der Waals surface area (Å²) < 4.78 is 0. The molecule has 0 saturated heterocycles. The van der Waals surface area contributed by atoms with Crippen molar-refractivity contribution in [2.45, 2.75) is 45.3 Å². The molecule has 0 saturated carbocycles. The maximum Gasteiger partial charge on any atom is 0.0337 e. The van der Waals surface area contributed by atoms with Gasteiger partial charge in [-0.05, 0) is 37.4 Å². The molecule has 1 aliphatic heterocycles. The summed E-state index contributed by atoms with van der Waals surface area (Å²) in [4.78, 5) is 0. The maximum absolute atomic E-state index is 3.72. The Morgan fingerprint density at radius 2 is 2.25 bits per heavy atom. The van der Waals surface area contributed by atoms with E-state index in [4.69, 9.17) is 0 Å². The molecular formula is C14H22N2. The Morgan fingerprint density at radius 3 is 3.06 bits per heavy atom. The van der Waals surface area contributed by atoms with Gasteiger partial charge in [-0.1, -0.05) is 31.2 Å². The van der Waals surface area contributed by atoms with Crippen molar-refractivity contribution in [2.75, 3.05) is 6.54 Å². The molecule has 1 aromatic rings. The standard InChI is InChI=1S/C14H22N2/c1-3-11(2)16-14-8-9-15-10-12-6-4-5-7-13(12)14/h4-7,11,14-16H,3,8-10H2,1-2H3. The zero-order valence-corrected chi connectivity index (χ0v) is 10.3. The number of hydrogen-bond acceptors (Lipinski definition) is 2. The minimum atomic E-state index is 0.515. The van der Waals surface area contributed by atoms with Crippen molar-refractivity contribution in [2.24, 2.45) is 0 Å². The third kappa shape index (κ3) is 2.63. The van der Waals surface area contributed by atoms with Gasteiger partial charge in [0.25, 0.3) is 0 Å². The van der Waals surface area contributed by atoms with E-state index in [-0.39, 0.29) is 0 Å².